The molecule has 2 aromatic rings. The molecule has 0 spiro atoms. The predicted molar refractivity (Wildman–Crippen MR) is 93.1 cm³/mol. The van der Waals surface area contributed by atoms with Crippen molar-refractivity contribution in [3.63, 3.8) is 0 Å². The summed E-state index contributed by atoms with van der Waals surface area (Å²) in [6.07, 6.45) is 3.22. The molecule has 0 bridgehead atoms. The first kappa shape index (κ1) is 18.9. The van der Waals surface area contributed by atoms with Gasteiger partial charge in [-0.3, -0.25) is 0 Å². The highest BCUT2D eigenvalue weighted by Gasteiger charge is 2.26. The monoisotopic (exact) mass is 366 g/mol. The maximum Gasteiger partial charge on any atom is 0.167 e. The lowest BCUT2D eigenvalue weighted by atomic mass is 9.82. The van der Waals surface area contributed by atoms with Crippen LogP contribution in [0.5, 0.6) is 0 Å². The summed E-state index contributed by atoms with van der Waals surface area (Å²) in [6.45, 7) is 4.00. The minimum absolute atomic E-state index is 0.0881. The van der Waals surface area contributed by atoms with Crippen molar-refractivity contribution >= 4 is 0 Å². The molecule has 1 fully saturated rings. The second-order valence-electron chi connectivity index (χ2n) is 6.84. The number of hydrogen-bond acceptors (Lipinski definition) is 1. The summed E-state index contributed by atoms with van der Waals surface area (Å²) >= 11 is 0. The summed E-state index contributed by atoms with van der Waals surface area (Å²) in [5, 5.41) is 0. The minimum Gasteiger partial charge on any atom is -0.379 e. The Kier molecular flexibility index (Phi) is 5.66. The first-order valence-corrected chi connectivity index (χ1v) is 8.97. The zero-order valence-electron chi connectivity index (χ0n) is 14.9. The fourth-order valence-corrected chi connectivity index (χ4v) is 3.71. The third-order valence-corrected chi connectivity index (χ3v) is 5.17. The molecule has 0 N–H and O–H groups in total. The van der Waals surface area contributed by atoms with E-state index >= 15 is 0 Å². The Labute approximate surface area is 151 Å². The van der Waals surface area contributed by atoms with Crippen LogP contribution in [0.15, 0.2) is 24.3 Å². The second kappa shape index (κ2) is 7.78. The largest absolute Gasteiger partial charge is 0.379 e. The molecule has 1 saturated carbocycles. The van der Waals surface area contributed by atoms with E-state index in [9.17, 15) is 17.6 Å². The van der Waals surface area contributed by atoms with Gasteiger partial charge >= 0.3 is 0 Å². The SMILES string of the molecule is CCOC1CCC(c2cc(F)c(-c3ccc(C)c(F)c3F)cc2F)CC1. The molecule has 0 unspecified atom stereocenters. The lowest BCUT2D eigenvalue weighted by molar-refractivity contribution is 0.0325. The summed E-state index contributed by atoms with van der Waals surface area (Å²) in [4.78, 5) is 0. The van der Waals surface area contributed by atoms with Gasteiger partial charge in [0.05, 0.1) is 6.10 Å². The van der Waals surface area contributed by atoms with Gasteiger partial charge in [0.1, 0.15) is 11.6 Å². The molecule has 0 saturated heterocycles. The van der Waals surface area contributed by atoms with E-state index in [1.54, 1.807) is 0 Å². The highest BCUT2D eigenvalue weighted by atomic mass is 19.2. The molecule has 1 nitrogen and oxygen atoms in total. The lowest BCUT2D eigenvalue weighted by Gasteiger charge is -2.29. The fourth-order valence-electron chi connectivity index (χ4n) is 3.71. The van der Waals surface area contributed by atoms with Gasteiger partial charge in [0.15, 0.2) is 11.6 Å². The zero-order valence-corrected chi connectivity index (χ0v) is 14.9. The molecule has 1 aliphatic rings. The average Bonchev–Trinajstić information content (AvgIpc) is 2.63. The van der Waals surface area contributed by atoms with Crippen molar-refractivity contribution in [2.75, 3.05) is 6.61 Å². The van der Waals surface area contributed by atoms with Crippen LogP contribution in [-0.2, 0) is 4.74 Å². The van der Waals surface area contributed by atoms with Gasteiger partial charge in [-0.2, -0.15) is 0 Å². The van der Waals surface area contributed by atoms with Crippen LogP contribution < -0.4 is 0 Å². The molecule has 0 aromatic heterocycles. The van der Waals surface area contributed by atoms with Crippen LogP contribution in [0.4, 0.5) is 17.6 Å². The van der Waals surface area contributed by atoms with E-state index in [1.807, 2.05) is 6.92 Å². The second-order valence-corrected chi connectivity index (χ2v) is 6.84. The number of benzene rings is 2. The molecule has 1 aliphatic carbocycles. The van der Waals surface area contributed by atoms with Crippen LogP contribution in [0.2, 0.25) is 0 Å². The van der Waals surface area contributed by atoms with Crippen molar-refractivity contribution in [3.05, 3.63) is 58.7 Å². The number of hydrogen-bond donors (Lipinski definition) is 0. The van der Waals surface area contributed by atoms with Gasteiger partial charge in [0.25, 0.3) is 0 Å². The van der Waals surface area contributed by atoms with Crippen LogP contribution >= 0.6 is 0 Å². The standard InChI is InChI=1S/C21H22F4O/c1-3-26-14-7-5-13(6-8-14)16-10-19(23)17(11-18(16)22)15-9-4-12(2)20(24)21(15)25/h4,9-11,13-14H,3,5-8H2,1-2H3. The number of halogens is 4. The van der Waals surface area contributed by atoms with Gasteiger partial charge < -0.3 is 4.74 Å². The number of ether oxygens (including phenoxy) is 1. The van der Waals surface area contributed by atoms with E-state index in [-0.39, 0.29) is 28.7 Å². The Morgan fingerprint density at radius 1 is 0.885 bits per heavy atom. The topological polar surface area (TPSA) is 9.23 Å². The molecule has 140 valence electrons. The molecule has 0 atom stereocenters. The predicted octanol–water partition coefficient (Wildman–Crippen LogP) is 6.28. The average molecular weight is 366 g/mol. The smallest absolute Gasteiger partial charge is 0.167 e. The van der Waals surface area contributed by atoms with Gasteiger partial charge in [-0.05, 0) is 68.7 Å². The Balaban J connectivity index is 1.89. The van der Waals surface area contributed by atoms with Crippen LogP contribution in [0.1, 0.15) is 49.7 Å². The van der Waals surface area contributed by atoms with Gasteiger partial charge in [-0.1, -0.05) is 12.1 Å². The lowest BCUT2D eigenvalue weighted by Crippen LogP contribution is -2.21. The van der Waals surface area contributed by atoms with E-state index in [4.69, 9.17) is 4.74 Å². The molecule has 5 heteroatoms. The molecule has 3 rings (SSSR count). The first-order chi connectivity index (χ1) is 12.4. The van der Waals surface area contributed by atoms with Gasteiger partial charge in [0, 0.05) is 17.7 Å². The molecule has 0 heterocycles. The van der Waals surface area contributed by atoms with Crippen LogP contribution in [0, 0.1) is 30.2 Å². The van der Waals surface area contributed by atoms with E-state index in [0.29, 0.717) is 25.0 Å². The molecule has 0 amide bonds. The van der Waals surface area contributed by atoms with E-state index < -0.39 is 23.3 Å². The maximum absolute atomic E-state index is 14.6. The van der Waals surface area contributed by atoms with Crippen LogP contribution in [-0.4, -0.2) is 12.7 Å². The summed E-state index contributed by atoms with van der Waals surface area (Å²) in [5.74, 6) is -3.61. The fraction of sp³-hybridized carbons (Fsp3) is 0.429. The summed E-state index contributed by atoms with van der Waals surface area (Å²) in [5.41, 5.74) is -0.106. The third kappa shape index (κ3) is 3.63. The summed E-state index contributed by atoms with van der Waals surface area (Å²) in [7, 11) is 0. The van der Waals surface area contributed by atoms with Crippen molar-refractivity contribution in [1.82, 2.24) is 0 Å². The number of aryl methyl sites for hydroxylation is 1. The van der Waals surface area contributed by atoms with E-state index in [2.05, 4.69) is 0 Å². The Hall–Kier alpha value is -1.88. The van der Waals surface area contributed by atoms with E-state index in [1.165, 1.54) is 19.1 Å². The van der Waals surface area contributed by atoms with Crippen molar-refractivity contribution in [2.24, 2.45) is 0 Å². The molecular formula is C21H22F4O. The summed E-state index contributed by atoms with van der Waals surface area (Å²) in [6, 6.07) is 4.74. The zero-order chi connectivity index (χ0) is 18.8. The van der Waals surface area contributed by atoms with Crippen molar-refractivity contribution in [1.29, 1.82) is 0 Å². The van der Waals surface area contributed by atoms with Crippen molar-refractivity contribution < 1.29 is 22.3 Å². The normalized spacial score (nSPS) is 20.4. The van der Waals surface area contributed by atoms with Gasteiger partial charge in [0.2, 0.25) is 0 Å². The first-order valence-electron chi connectivity index (χ1n) is 8.97. The Bertz CT molecular complexity index is 795. The Morgan fingerprint density at radius 3 is 2.23 bits per heavy atom. The highest BCUT2D eigenvalue weighted by molar-refractivity contribution is 5.66. The van der Waals surface area contributed by atoms with Gasteiger partial charge in [-0.25, -0.2) is 17.6 Å². The maximum atomic E-state index is 14.6. The van der Waals surface area contributed by atoms with Gasteiger partial charge in [-0.15, -0.1) is 0 Å². The number of rotatable bonds is 4. The highest BCUT2D eigenvalue weighted by Crippen LogP contribution is 2.38. The molecule has 0 radical (unpaired) electrons. The van der Waals surface area contributed by atoms with Crippen LogP contribution in [0.25, 0.3) is 11.1 Å². The molecule has 26 heavy (non-hydrogen) atoms. The quantitative estimate of drug-likeness (QED) is 0.579. The molecule has 0 aliphatic heterocycles. The Morgan fingerprint density at radius 2 is 1.58 bits per heavy atom. The molecule has 2 aromatic carbocycles. The minimum atomic E-state index is -1.16. The van der Waals surface area contributed by atoms with Crippen LogP contribution in [0.3, 0.4) is 0 Å². The third-order valence-electron chi connectivity index (χ3n) is 5.17. The van der Waals surface area contributed by atoms with E-state index in [0.717, 1.165) is 25.0 Å². The van der Waals surface area contributed by atoms with Crippen molar-refractivity contribution in [2.45, 2.75) is 51.6 Å². The molecular weight excluding hydrogens is 344 g/mol. The van der Waals surface area contributed by atoms with Crippen molar-refractivity contribution in [3.8, 4) is 11.1 Å². The summed E-state index contributed by atoms with van der Waals surface area (Å²) < 4.78 is 62.8.